The minimum Gasteiger partial charge on any atom is -0.376 e. The molecule has 11 heavy (non-hydrogen) atoms. The predicted octanol–water partition coefficient (Wildman–Crippen LogP) is 0.294. The zero-order valence-corrected chi connectivity index (χ0v) is 7.12. The van der Waals surface area contributed by atoms with Crippen LogP contribution in [-0.2, 0) is 9.53 Å². The van der Waals surface area contributed by atoms with Crippen LogP contribution in [0.3, 0.4) is 0 Å². The van der Waals surface area contributed by atoms with Crippen molar-refractivity contribution in [3.63, 3.8) is 0 Å². The fourth-order valence-corrected chi connectivity index (χ4v) is 1.35. The van der Waals surface area contributed by atoms with Crippen LogP contribution in [0.15, 0.2) is 0 Å². The van der Waals surface area contributed by atoms with Gasteiger partial charge in [-0.1, -0.05) is 0 Å². The van der Waals surface area contributed by atoms with Crippen LogP contribution in [-0.4, -0.2) is 43.0 Å². The summed E-state index contributed by atoms with van der Waals surface area (Å²) in [6, 6.07) is 0.369. The predicted molar refractivity (Wildman–Crippen MR) is 42.5 cm³/mol. The molecule has 0 saturated carbocycles. The van der Waals surface area contributed by atoms with Crippen LogP contribution in [0.4, 0.5) is 0 Å². The lowest BCUT2D eigenvalue weighted by molar-refractivity contribution is -0.113. The second-order valence-electron chi connectivity index (χ2n) is 2.98. The molecule has 1 aliphatic heterocycles. The van der Waals surface area contributed by atoms with Crippen LogP contribution in [0.2, 0.25) is 0 Å². The number of nitrogens with zero attached hydrogens (tertiary/aromatic N) is 1. The zero-order chi connectivity index (χ0) is 8.27. The highest BCUT2D eigenvalue weighted by Gasteiger charge is 2.24. The largest absolute Gasteiger partial charge is 0.376 e. The van der Waals surface area contributed by atoms with Crippen molar-refractivity contribution in [2.24, 2.45) is 0 Å². The van der Waals surface area contributed by atoms with E-state index in [0.717, 1.165) is 19.4 Å². The van der Waals surface area contributed by atoms with E-state index in [1.54, 1.807) is 0 Å². The van der Waals surface area contributed by atoms with E-state index < -0.39 is 0 Å². The molecule has 1 heterocycles. The lowest BCUT2D eigenvalue weighted by Crippen LogP contribution is -2.48. The number of morpholine rings is 1. The smallest absolute Gasteiger partial charge is 0.133 e. The number of rotatable bonds is 2. The van der Waals surface area contributed by atoms with Crippen LogP contribution in [0.25, 0.3) is 0 Å². The molecule has 0 aliphatic carbocycles. The van der Waals surface area contributed by atoms with Gasteiger partial charge in [-0.25, -0.2) is 0 Å². The van der Waals surface area contributed by atoms with Crippen molar-refractivity contribution in [1.82, 2.24) is 4.90 Å². The van der Waals surface area contributed by atoms with Gasteiger partial charge in [0.1, 0.15) is 6.29 Å². The van der Waals surface area contributed by atoms with Crippen LogP contribution in [0.5, 0.6) is 0 Å². The van der Waals surface area contributed by atoms with Gasteiger partial charge in [0.15, 0.2) is 0 Å². The monoisotopic (exact) mass is 157 g/mol. The molecule has 3 nitrogen and oxygen atoms in total. The van der Waals surface area contributed by atoms with Gasteiger partial charge in [0, 0.05) is 12.6 Å². The van der Waals surface area contributed by atoms with Gasteiger partial charge in [-0.3, -0.25) is 4.90 Å². The maximum absolute atomic E-state index is 10.2. The first-order valence-corrected chi connectivity index (χ1v) is 4.05. The molecule has 64 valence electrons. The van der Waals surface area contributed by atoms with Gasteiger partial charge in [-0.2, -0.15) is 0 Å². The van der Waals surface area contributed by atoms with E-state index in [4.69, 9.17) is 4.74 Å². The fourth-order valence-electron chi connectivity index (χ4n) is 1.35. The Kier molecular flexibility index (Phi) is 3.02. The molecule has 0 amide bonds. The standard InChI is InChI=1S/C8H15NO2/c1-7-8(2)11-6-4-9(7)3-5-10/h5,7-8H,3-4,6H2,1-2H3. The number of ether oxygens (including phenoxy) is 1. The third-order valence-electron chi connectivity index (χ3n) is 2.32. The molecule has 0 aromatic rings. The molecule has 1 fully saturated rings. The molecule has 2 atom stereocenters. The van der Waals surface area contributed by atoms with Crippen molar-refractivity contribution < 1.29 is 9.53 Å². The maximum Gasteiger partial charge on any atom is 0.133 e. The quantitative estimate of drug-likeness (QED) is 0.540. The molecule has 0 spiro atoms. The van der Waals surface area contributed by atoms with E-state index in [-0.39, 0.29) is 6.10 Å². The lowest BCUT2D eigenvalue weighted by Gasteiger charge is -2.36. The van der Waals surface area contributed by atoms with E-state index in [1.165, 1.54) is 0 Å². The van der Waals surface area contributed by atoms with Gasteiger partial charge < -0.3 is 9.53 Å². The van der Waals surface area contributed by atoms with E-state index in [1.807, 2.05) is 6.92 Å². The summed E-state index contributed by atoms with van der Waals surface area (Å²) in [5.41, 5.74) is 0. The molecule has 0 N–H and O–H groups in total. The zero-order valence-electron chi connectivity index (χ0n) is 7.12. The SMILES string of the molecule is CC1OCCN(CC=O)C1C. The molecule has 1 saturated heterocycles. The van der Waals surface area contributed by atoms with Crippen molar-refractivity contribution in [3.05, 3.63) is 0 Å². The summed E-state index contributed by atoms with van der Waals surface area (Å²) in [5.74, 6) is 0. The van der Waals surface area contributed by atoms with Gasteiger partial charge >= 0.3 is 0 Å². The number of hydrogen-bond donors (Lipinski definition) is 0. The highest BCUT2D eigenvalue weighted by Crippen LogP contribution is 2.11. The average Bonchev–Trinajstić information content (AvgIpc) is 1.99. The highest BCUT2D eigenvalue weighted by atomic mass is 16.5. The second kappa shape index (κ2) is 3.83. The van der Waals surface area contributed by atoms with Crippen LogP contribution < -0.4 is 0 Å². The summed E-state index contributed by atoms with van der Waals surface area (Å²) < 4.78 is 5.41. The Hall–Kier alpha value is -0.410. The molecule has 0 aromatic heterocycles. The Bertz CT molecular complexity index is 138. The first kappa shape index (κ1) is 8.68. The normalized spacial score (nSPS) is 33.6. The van der Waals surface area contributed by atoms with E-state index >= 15 is 0 Å². The van der Waals surface area contributed by atoms with Crippen molar-refractivity contribution in [2.45, 2.75) is 26.0 Å². The molecule has 0 radical (unpaired) electrons. The fraction of sp³-hybridized carbons (Fsp3) is 0.875. The van der Waals surface area contributed by atoms with Crippen LogP contribution in [0.1, 0.15) is 13.8 Å². The number of carbonyl (C=O) groups is 1. The Morgan fingerprint density at radius 1 is 1.64 bits per heavy atom. The molecular weight excluding hydrogens is 142 g/mol. The summed E-state index contributed by atoms with van der Waals surface area (Å²) in [5, 5.41) is 0. The third kappa shape index (κ3) is 2.01. The van der Waals surface area contributed by atoms with Crippen molar-refractivity contribution in [3.8, 4) is 0 Å². The minimum absolute atomic E-state index is 0.253. The third-order valence-corrected chi connectivity index (χ3v) is 2.32. The maximum atomic E-state index is 10.2. The molecular formula is C8H15NO2. The molecule has 1 aliphatic rings. The summed E-state index contributed by atoms with van der Waals surface area (Å²) in [6.45, 7) is 6.30. The summed E-state index contributed by atoms with van der Waals surface area (Å²) >= 11 is 0. The Balaban J connectivity index is 2.43. The summed E-state index contributed by atoms with van der Waals surface area (Å²) in [4.78, 5) is 12.4. The Morgan fingerprint density at radius 3 is 3.00 bits per heavy atom. The van der Waals surface area contributed by atoms with Crippen molar-refractivity contribution >= 4 is 6.29 Å². The highest BCUT2D eigenvalue weighted by molar-refractivity contribution is 5.52. The van der Waals surface area contributed by atoms with Gasteiger partial charge in [0.2, 0.25) is 0 Å². The van der Waals surface area contributed by atoms with E-state index in [2.05, 4.69) is 11.8 Å². The van der Waals surface area contributed by atoms with Gasteiger partial charge in [0.05, 0.1) is 19.3 Å². The average molecular weight is 157 g/mol. The number of carbonyl (C=O) groups excluding carboxylic acids is 1. The van der Waals surface area contributed by atoms with Crippen LogP contribution >= 0.6 is 0 Å². The molecule has 0 aromatic carbocycles. The number of hydrogen-bond acceptors (Lipinski definition) is 3. The first-order valence-electron chi connectivity index (χ1n) is 4.05. The van der Waals surface area contributed by atoms with Gasteiger partial charge in [-0.15, -0.1) is 0 Å². The molecule has 0 bridgehead atoms. The van der Waals surface area contributed by atoms with Crippen molar-refractivity contribution in [1.29, 1.82) is 0 Å². The molecule has 3 heteroatoms. The first-order chi connectivity index (χ1) is 5.25. The van der Waals surface area contributed by atoms with Crippen LogP contribution in [0, 0.1) is 0 Å². The summed E-state index contributed by atoms with van der Waals surface area (Å²) in [7, 11) is 0. The van der Waals surface area contributed by atoms with Crippen molar-refractivity contribution in [2.75, 3.05) is 19.7 Å². The lowest BCUT2D eigenvalue weighted by atomic mass is 10.1. The molecule has 2 unspecified atom stereocenters. The topological polar surface area (TPSA) is 29.5 Å². The second-order valence-corrected chi connectivity index (χ2v) is 2.98. The Labute approximate surface area is 67.3 Å². The summed E-state index contributed by atoms with van der Waals surface area (Å²) in [6.07, 6.45) is 1.21. The van der Waals surface area contributed by atoms with E-state index in [9.17, 15) is 4.79 Å². The minimum atomic E-state index is 0.253. The molecule has 1 rings (SSSR count). The van der Waals surface area contributed by atoms with E-state index in [0.29, 0.717) is 12.6 Å². The number of aldehydes is 1. The Morgan fingerprint density at radius 2 is 2.36 bits per heavy atom. The van der Waals surface area contributed by atoms with Gasteiger partial charge in [0.25, 0.3) is 0 Å². The van der Waals surface area contributed by atoms with Gasteiger partial charge in [-0.05, 0) is 13.8 Å².